The first kappa shape index (κ1) is 27.4. The highest BCUT2D eigenvalue weighted by molar-refractivity contribution is 6.34. The number of pyridine rings is 1. The Bertz CT molecular complexity index is 1280. The summed E-state index contributed by atoms with van der Waals surface area (Å²) in [5, 5.41) is 0.631. The molecule has 1 atom stereocenters. The second-order valence-electron chi connectivity index (χ2n) is 10.6. The van der Waals surface area contributed by atoms with E-state index < -0.39 is 5.60 Å². The van der Waals surface area contributed by atoms with Crippen LogP contribution in [0.4, 0.5) is 0 Å². The summed E-state index contributed by atoms with van der Waals surface area (Å²) in [6.45, 7) is 7.54. The van der Waals surface area contributed by atoms with Crippen LogP contribution in [0.1, 0.15) is 60.8 Å². The number of likely N-dealkylation sites (tertiary alicyclic amines) is 1. The largest absolute Gasteiger partial charge is 0.456 e. The molecule has 0 spiro atoms. The van der Waals surface area contributed by atoms with Gasteiger partial charge in [0.05, 0.1) is 16.3 Å². The lowest BCUT2D eigenvalue weighted by Crippen LogP contribution is -2.34. The molecule has 1 fully saturated rings. The van der Waals surface area contributed by atoms with Gasteiger partial charge in [0.2, 0.25) is 0 Å². The number of ether oxygens (including phenoxy) is 1. The molecule has 0 bridgehead atoms. The van der Waals surface area contributed by atoms with E-state index in [1.54, 1.807) is 22.8 Å². The highest BCUT2D eigenvalue weighted by atomic mass is 35.5. The Morgan fingerprint density at radius 3 is 2.38 bits per heavy atom. The van der Waals surface area contributed by atoms with E-state index in [0.717, 1.165) is 37.1 Å². The summed E-state index contributed by atoms with van der Waals surface area (Å²) < 4.78 is 7.15. The molecule has 0 N–H and O–H groups in total. The summed E-state index contributed by atoms with van der Waals surface area (Å²) in [6, 6.07) is 19.8. The van der Waals surface area contributed by atoms with E-state index in [-0.39, 0.29) is 16.6 Å². The lowest BCUT2D eigenvalue weighted by molar-refractivity contribution is 0.00695. The van der Waals surface area contributed by atoms with Gasteiger partial charge in [0.15, 0.2) is 0 Å². The number of rotatable bonds is 8. The molecule has 1 saturated heterocycles. The summed E-state index contributed by atoms with van der Waals surface area (Å²) in [6.07, 6.45) is 3.82. The van der Waals surface area contributed by atoms with Crippen LogP contribution in [-0.2, 0) is 30.7 Å². The Labute approximate surface area is 229 Å². The number of hydrogen-bond donors (Lipinski definition) is 0. The molecule has 37 heavy (non-hydrogen) atoms. The predicted molar refractivity (Wildman–Crippen MR) is 150 cm³/mol. The third-order valence-electron chi connectivity index (χ3n) is 6.68. The van der Waals surface area contributed by atoms with Gasteiger partial charge >= 0.3 is 5.97 Å². The zero-order valence-corrected chi connectivity index (χ0v) is 23.2. The van der Waals surface area contributed by atoms with Crippen LogP contribution in [0.3, 0.4) is 0 Å². The van der Waals surface area contributed by atoms with Gasteiger partial charge in [0.1, 0.15) is 10.6 Å². The van der Waals surface area contributed by atoms with Crippen molar-refractivity contribution >= 4 is 29.2 Å². The zero-order chi connectivity index (χ0) is 26.6. The molecule has 1 aliphatic heterocycles. The van der Waals surface area contributed by atoms with Crippen molar-refractivity contribution in [2.24, 2.45) is 0 Å². The van der Waals surface area contributed by atoms with Gasteiger partial charge in [0.25, 0.3) is 5.56 Å². The molecule has 3 aromatic rings. The standard InChI is InChI=1S/C30H34Cl2N2O3/c1-30(2,3)37-29(36)23-13-11-21(12-14-23)15-17-34-27(25(31)19-26(32)28(34)35)20-33-16-7-10-24(33)18-22-8-5-4-6-9-22/h4-6,8-9,11-14,19,24H,7,10,15-18,20H2,1-3H3/t24-/m1/s1. The van der Waals surface area contributed by atoms with Crippen LogP contribution in [0.25, 0.3) is 0 Å². The van der Waals surface area contributed by atoms with Crippen molar-refractivity contribution in [2.45, 2.75) is 71.2 Å². The molecule has 0 radical (unpaired) electrons. The van der Waals surface area contributed by atoms with Gasteiger partial charge in [-0.15, -0.1) is 0 Å². The molecule has 2 aromatic carbocycles. The maximum absolute atomic E-state index is 13.1. The average Bonchev–Trinajstić information content (AvgIpc) is 3.28. The first-order valence-corrected chi connectivity index (χ1v) is 13.5. The van der Waals surface area contributed by atoms with E-state index in [1.165, 1.54) is 5.56 Å². The van der Waals surface area contributed by atoms with Gasteiger partial charge in [-0.2, -0.15) is 0 Å². The second kappa shape index (κ2) is 11.8. The second-order valence-corrected chi connectivity index (χ2v) is 11.5. The van der Waals surface area contributed by atoms with E-state index in [0.29, 0.717) is 36.1 Å². The molecule has 0 aliphatic carbocycles. The number of esters is 1. The van der Waals surface area contributed by atoms with Gasteiger partial charge in [0, 0.05) is 19.1 Å². The Morgan fingerprint density at radius 2 is 1.70 bits per heavy atom. The molecule has 7 heteroatoms. The van der Waals surface area contributed by atoms with Gasteiger partial charge in [-0.05, 0) is 82.3 Å². The van der Waals surface area contributed by atoms with Crippen LogP contribution < -0.4 is 5.56 Å². The third-order valence-corrected chi connectivity index (χ3v) is 7.28. The maximum atomic E-state index is 13.1. The molecule has 5 nitrogen and oxygen atoms in total. The molecule has 196 valence electrons. The normalized spacial score (nSPS) is 16.2. The number of nitrogens with zero attached hydrogens (tertiary/aromatic N) is 2. The van der Waals surface area contributed by atoms with E-state index in [9.17, 15) is 9.59 Å². The molecular weight excluding hydrogens is 507 g/mol. The van der Waals surface area contributed by atoms with E-state index >= 15 is 0 Å². The smallest absolute Gasteiger partial charge is 0.338 e. The monoisotopic (exact) mass is 540 g/mol. The zero-order valence-electron chi connectivity index (χ0n) is 21.7. The van der Waals surface area contributed by atoms with Gasteiger partial charge < -0.3 is 9.30 Å². The van der Waals surface area contributed by atoms with Gasteiger partial charge in [-0.1, -0.05) is 65.7 Å². The minimum atomic E-state index is -0.547. The summed E-state index contributed by atoms with van der Waals surface area (Å²) in [4.78, 5) is 27.8. The van der Waals surface area contributed by atoms with E-state index in [2.05, 4.69) is 29.2 Å². The maximum Gasteiger partial charge on any atom is 0.338 e. The Morgan fingerprint density at radius 1 is 1.00 bits per heavy atom. The molecular formula is C30H34Cl2N2O3. The summed E-state index contributed by atoms with van der Waals surface area (Å²) in [5.41, 5.74) is 2.83. The number of carbonyl (C=O) groups excluding carboxylic acids is 1. The Balaban J connectivity index is 1.49. The van der Waals surface area contributed by atoms with Crippen molar-refractivity contribution in [2.75, 3.05) is 6.54 Å². The Kier molecular flexibility index (Phi) is 8.79. The molecule has 0 amide bonds. The fraction of sp³-hybridized carbons (Fsp3) is 0.400. The molecule has 1 aromatic heterocycles. The predicted octanol–water partition coefficient (Wildman–Crippen LogP) is 6.56. The van der Waals surface area contributed by atoms with Crippen molar-refractivity contribution in [3.8, 4) is 0 Å². The lowest BCUT2D eigenvalue weighted by Gasteiger charge is -2.27. The molecule has 4 rings (SSSR count). The van der Waals surface area contributed by atoms with Crippen LogP contribution in [-0.4, -0.2) is 33.6 Å². The van der Waals surface area contributed by atoms with Gasteiger partial charge in [-0.3, -0.25) is 9.69 Å². The molecule has 0 saturated carbocycles. The number of benzene rings is 2. The third kappa shape index (κ3) is 7.25. The minimum absolute atomic E-state index is 0.122. The molecule has 1 aliphatic rings. The summed E-state index contributed by atoms with van der Waals surface area (Å²) in [5.74, 6) is -0.352. The number of aromatic nitrogens is 1. The van der Waals surface area contributed by atoms with E-state index in [4.69, 9.17) is 27.9 Å². The molecule has 0 unspecified atom stereocenters. The van der Waals surface area contributed by atoms with Crippen molar-refractivity contribution in [3.05, 3.63) is 103 Å². The van der Waals surface area contributed by atoms with Crippen LogP contribution in [0, 0.1) is 0 Å². The number of halogens is 2. The number of aryl methyl sites for hydroxylation is 1. The van der Waals surface area contributed by atoms with Crippen molar-refractivity contribution in [1.82, 2.24) is 9.47 Å². The van der Waals surface area contributed by atoms with Crippen molar-refractivity contribution < 1.29 is 9.53 Å². The van der Waals surface area contributed by atoms with Crippen molar-refractivity contribution in [3.63, 3.8) is 0 Å². The SMILES string of the molecule is CC(C)(C)OC(=O)c1ccc(CCn2c(CN3CCC[C@@H]3Cc3ccccc3)c(Cl)cc(Cl)c2=O)cc1. The first-order chi connectivity index (χ1) is 17.6. The van der Waals surface area contributed by atoms with Crippen LogP contribution >= 0.6 is 23.2 Å². The fourth-order valence-corrected chi connectivity index (χ4v) is 5.37. The fourth-order valence-electron chi connectivity index (χ4n) is 4.83. The van der Waals surface area contributed by atoms with E-state index in [1.807, 2.05) is 39.0 Å². The molecule has 2 heterocycles. The van der Waals surface area contributed by atoms with Crippen LogP contribution in [0.5, 0.6) is 0 Å². The quantitative estimate of drug-likeness (QED) is 0.303. The highest BCUT2D eigenvalue weighted by Crippen LogP contribution is 2.27. The number of carbonyl (C=O) groups is 1. The van der Waals surface area contributed by atoms with Crippen LogP contribution in [0.15, 0.2) is 65.5 Å². The van der Waals surface area contributed by atoms with Gasteiger partial charge in [-0.25, -0.2) is 4.79 Å². The van der Waals surface area contributed by atoms with Crippen molar-refractivity contribution in [1.29, 1.82) is 0 Å². The number of hydrogen-bond acceptors (Lipinski definition) is 4. The summed E-state index contributed by atoms with van der Waals surface area (Å²) in [7, 11) is 0. The summed E-state index contributed by atoms with van der Waals surface area (Å²) >= 11 is 12.9. The topological polar surface area (TPSA) is 51.5 Å². The van der Waals surface area contributed by atoms with Crippen LogP contribution in [0.2, 0.25) is 10.0 Å². The average molecular weight is 542 g/mol. The Hall–Kier alpha value is -2.60. The minimum Gasteiger partial charge on any atom is -0.456 e. The first-order valence-electron chi connectivity index (χ1n) is 12.8. The highest BCUT2D eigenvalue weighted by Gasteiger charge is 2.27. The lowest BCUT2D eigenvalue weighted by atomic mass is 10.0.